The SMILES string of the molecule is FC(F)(F)c1ccc(SCC2CCCNC2)cc1. The van der Waals surface area contributed by atoms with Crippen molar-refractivity contribution in [2.24, 2.45) is 5.92 Å². The number of rotatable bonds is 3. The van der Waals surface area contributed by atoms with Crippen molar-refractivity contribution in [2.75, 3.05) is 18.8 Å². The Morgan fingerprint density at radius 3 is 2.50 bits per heavy atom. The van der Waals surface area contributed by atoms with Gasteiger partial charge in [-0.3, -0.25) is 0 Å². The quantitative estimate of drug-likeness (QED) is 0.842. The van der Waals surface area contributed by atoms with Crippen LogP contribution in [0.15, 0.2) is 29.2 Å². The number of halogens is 3. The summed E-state index contributed by atoms with van der Waals surface area (Å²) in [4.78, 5) is 0.911. The molecule has 0 bridgehead atoms. The molecule has 0 aromatic heterocycles. The fourth-order valence-electron chi connectivity index (χ4n) is 2.02. The first-order valence-corrected chi connectivity index (χ1v) is 7.05. The van der Waals surface area contributed by atoms with E-state index < -0.39 is 11.7 Å². The monoisotopic (exact) mass is 275 g/mol. The summed E-state index contributed by atoms with van der Waals surface area (Å²) in [5.41, 5.74) is -0.578. The number of hydrogen-bond donors (Lipinski definition) is 1. The van der Waals surface area contributed by atoms with E-state index in [4.69, 9.17) is 0 Å². The van der Waals surface area contributed by atoms with Gasteiger partial charge in [0.15, 0.2) is 0 Å². The van der Waals surface area contributed by atoms with E-state index in [-0.39, 0.29) is 0 Å². The molecule has 18 heavy (non-hydrogen) atoms. The number of alkyl halides is 3. The largest absolute Gasteiger partial charge is 0.416 e. The molecule has 1 aliphatic rings. The first kappa shape index (κ1) is 13.7. The Bertz CT molecular complexity index is 369. The average Bonchev–Trinajstić information content (AvgIpc) is 2.37. The lowest BCUT2D eigenvalue weighted by Crippen LogP contribution is -2.30. The molecule has 0 aliphatic carbocycles. The van der Waals surface area contributed by atoms with Crippen LogP contribution in [-0.2, 0) is 6.18 Å². The van der Waals surface area contributed by atoms with Crippen molar-refractivity contribution >= 4 is 11.8 Å². The number of hydrogen-bond acceptors (Lipinski definition) is 2. The van der Waals surface area contributed by atoms with Gasteiger partial charge in [-0.2, -0.15) is 13.2 Å². The maximum Gasteiger partial charge on any atom is 0.416 e. The summed E-state index contributed by atoms with van der Waals surface area (Å²) in [6, 6.07) is 5.43. The molecule has 100 valence electrons. The van der Waals surface area contributed by atoms with E-state index in [1.165, 1.54) is 12.8 Å². The predicted molar refractivity (Wildman–Crippen MR) is 67.8 cm³/mol. The standard InChI is InChI=1S/C13H16F3NS/c14-13(15,16)11-3-5-12(6-4-11)18-9-10-2-1-7-17-8-10/h3-6,10,17H,1-2,7-9H2. The summed E-state index contributed by atoms with van der Waals surface area (Å²) in [5, 5.41) is 3.34. The highest BCUT2D eigenvalue weighted by atomic mass is 32.2. The molecule has 1 heterocycles. The van der Waals surface area contributed by atoms with E-state index in [1.54, 1.807) is 23.9 Å². The van der Waals surface area contributed by atoms with Gasteiger partial charge < -0.3 is 5.32 Å². The zero-order valence-corrected chi connectivity index (χ0v) is 10.8. The van der Waals surface area contributed by atoms with Crippen molar-refractivity contribution in [1.29, 1.82) is 0 Å². The van der Waals surface area contributed by atoms with Gasteiger partial charge in [-0.1, -0.05) is 0 Å². The number of nitrogens with one attached hydrogen (secondary N) is 1. The van der Waals surface area contributed by atoms with Crippen molar-refractivity contribution in [1.82, 2.24) is 5.32 Å². The third-order valence-corrected chi connectivity index (χ3v) is 4.31. The minimum absolute atomic E-state index is 0.578. The number of thioether (sulfide) groups is 1. The summed E-state index contributed by atoms with van der Waals surface area (Å²) >= 11 is 1.64. The molecule has 1 aromatic carbocycles. The topological polar surface area (TPSA) is 12.0 Å². The highest BCUT2D eigenvalue weighted by Crippen LogP contribution is 2.31. The highest BCUT2D eigenvalue weighted by Gasteiger charge is 2.29. The number of benzene rings is 1. The van der Waals surface area contributed by atoms with Gasteiger partial charge in [0.05, 0.1) is 5.56 Å². The Morgan fingerprint density at radius 2 is 1.94 bits per heavy atom. The van der Waals surface area contributed by atoms with Gasteiger partial charge in [0, 0.05) is 10.6 Å². The van der Waals surface area contributed by atoms with E-state index in [2.05, 4.69) is 5.32 Å². The molecule has 0 saturated carbocycles. The van der Waals surface area contributed by atoms with Crippen molar-refractivity contribution in [3.05, 3.63) is 29.8 Å². The highest BCUT2D eigenvalue weighted by molar-refractivity contribution is 7.99. The second-order valence-electron chi connectivity index (χ2n) is 4.55. The lowest BCUT2D eigenvalue weighted by molar-refractivity contribution is -0.137. The van der Waals surface area contributed by atoms with E-state index >= 15 is 0 Å². The Hall–Kier alpha value is -0.680. The normalized spacial score (nSPS) is 20.9. The van der Waals surface area contributed by atoms with Gasteiger partial charge in [-0.05, 0) is 56.1 Å². The molecule has 2 rings (SSSR count). The maximum atomic E-state index is 12.4. The average molecular weight is 275 g/mol. The maximum absolute atomic E-state index is 12.4. The Morgan fingerprint density at radius 1 is 1.22 bits per heavy atom. The summed E-state index contributed by atoms with van der Waals surface area (Å²) in [6.07, 6.45) is -1.84. The molecule has 1 unspecified atom stereocenters. The summed E-state index contributed by atoms with van der Waals surface area (Å²) in [5.74, 6) is 1.60. The second-order valence-corrected chi connectivity index (χ2v) is 5.64. The molecule has 0 radical (unpaired) electrons. The zero-order chi connectivity index (χ0) is 13.0. The summed E-state index contributed by atoms with van der Waals surface area (Å²) in [7, 11) is 0. The van der Waals surface area contributed by atoms with E-state index in [1.807, 2.05) is 0 Å². The third-order valence-electron chi connectivity index (χ3n) is 3.07. The van der Waals surface area contributed by atoms with Gasteiger partial charge in [0.25, 0.3) is 0 Å². The molecule has 1 fully saturated rings. The molecule has 0 spiro atoms. The van der Waals surface area contributed by atoms with Crippen LogP contribution in [0, 0.1) is 5.92 Å². The summed E-state index contributed by atoms with van der Waals surface area (Å²) in [6.45, 7) is 2.11. The van der Waals surface area contributed by atoms with Crippen LogP contribution >= 0.6 is 11.8 Å². The number of piperidine rings is 1. The van der Waals surface area contributed by atoms with E-state index in [9.17, 15) is 13.2 Å². The smallest absolute Gasteiger partial charge is 0.316 e. The molecular weight excluding hydrogens is 259 g/mol. The van der Waals surface area contributed by atoms with Crippen LogP contribution < -0.4 is 5.32 Å². The Kier molecular flexibility index (Phi) is 4.56. The minimum atomic E-state index is -4.24. The van der Waals surface area contributed by atoms with Crippen LogP contribution in [0.25, 0.3) is 0 Å². The molecule has 0 amide bonds. The lowest BCUT2D eigenvalue weighted by Gasteiger charge is -2.22. The van der Waals surface area contributed by atoms with Crippen LogP contribution in [0.3, 0.4) is 0 Å². The van der Waals surface area contributed by atoms with Crippen molar-refractivity contribution in [3.63, 3.8) is 0 Å². The van der Waals surface area contributed by atoms with E-state index in [0.29, 0.717) is 5.92 Å². The minimum Gasteiger partial charge on any atom is -0.316 e. The van der Waals surface area contributed by atoms with Gasteiger partial charge >= 0.3 is 6.18 Å². The van der Waals surface area contributed by atoms with Gasteiger partial charge in [0.1, 0.15) is 0 Å². The Balaban J connectivity index is 1.86. The third kappa shape index (κ3) is 3.92. The van der Waals surface area contributed by atoms with E-state index in [0.717, 1.165) is 35.9 Å². The summed E-state index contributed by atoms with van der Waals surface area (Å²) < 4.78 is 37.1. The fraction of sp³-hybridized carbons (Fsp3) is 0.538. The van der Waals surface area contributed by atoms with Gasteiger partial charge in [0.2, 0.25) is 0 Å². The van der Waals surface area contributed by atoms with Crippen LogP contribution in [0.1, 0.15) is 18.4 Å². The molecule has 1 aliphatic heterocycles. The van der Waals surface area contributed by atoms with Crippen LogP contribution in [0.5, 0.6) is 0 Å². The van der Waals surface area contributed by atoms with Crippen LogP contribution in [0.4, 0.5) is 13.2 Å². The van der Waals surface area contributed by atoms with Crippen molar-refractivity contribution in [2.45, 2.75) is 23.9 Å². The van der Waals surface area contributed by atoms with Crippen molar-refractivity contribution in [3.8, 4) is 0 Å². The molecule has 1 aromatic rings. The predicted octanol–water partition coefficient (Wildman–Crippen LogP) is 3.80. The molecule has 5 heteroatoms. The molecular formula is C13H16F3NS. The van der Waals surface area contributed by atoms with Gasteiger partial charge in [-0.15, -0.1) is 11.8 Å². The molecule has 1 saturated heterocycles. The Labute approximate surface area is 109 Å². The molecule has 1 N–H and O–H groups in total. The first-order chi connectivity index (χ1) is 8.55. The lowest BCUT2D eigenvalue weighted by atomic mass is 10.0. The second kappa shape index (κ2) is 5.97. The van der Waals surface area contributed by atoms with Crippen molar-refractivity contribution < 1.29 is 13.2 Å². The molecule has 1 atom stereocenters. The zero-order valence-electron chi connectivity index (χ0n) is 9.96. The van der Waals surface area contributed by atoms with Crippen LogP contribution in [0.2, 0.25) is 0 Å². The van der Waals surface area contributed by atoms with Gasteiger partial charge in [-0.25, -0.2) is 0 Å². The van der Waals surface area contributed by atoms with Crippen LogP contribution in [-0.4, -0.2) is 18.8 Å². The fourth-order valence-corrected chi connectivity index (χ4v) is 3.06. The molecule has 1 nitrogen and oxygen atoms in total. The first-order valence-electron chi connectivity index (χ1n) is 6.06.